The van der Waals surface area contributed by atoms with Gasteiger partial charge in [0.2, 0.25) is 0 Å². The van der Waals surface area contributed by atoms with E-state index in [0.29, 0.717) is 0 Å². The summed E-state index contributed by atoms with van der Waals surface area (Å²) in [5.41, 5.74) is 15.8. The number of hydrogen-bond acceptors (Lipinski definition) is 4. The molecular weight excluding hydrogens is 168 g/mol. The third kappa shape index (κ3) is 2.43. The van der Waals surface area contributed by atoms with Crippen molar-refractivity contribution in [3.63, 3.8) is 0 Å². The van der Waals surface area contributed by atoms with Crippen molar-refractivity contribution in [1.29, 1.82) is 0 Å². The van der Waals surface area contributed by atoms with E-state index in [1.54, 1.807) is 0 Å². The molecule has 0 radical (unpaired) electrons. The molecule has 0 fully saturated rings. The van der Waals surface area contributed by atoms with Gasteiger partial charge in [-0.1, -0.05) is 10.3 Å². The van der Waals surface area contributed by atoms with Crippen molar-refractivity contribution in [3.05, 3.63) is 20.9 Å². The van der Waals surface area contributed by atoms with Crippen molar-refractivity contribution in [1.82, 2.24) is 0 Å². The maximum Gasteiger partial charge on any atom is 0.197 e. The van der Waals surface area contributed by atoms with E-state index in [2.05, 4.69) is 30.4 Å². The molecule has 0 saturated carbocycles. The van der Waals surface area contributed by atoms with Gasteiger partial charge in [-0.2, -0.15) is 0 Å². The Bertz CT molecular complexity index is 271. The lowest BCUT2D eigenvalue weighted by Crippen LogP contribution is -2.07. The number of hydrogen-bond donors (Lipinski definition) is 2. The summed E-state index contributed by atoms with van der Waals surface area (Å²) in [5.74, 6) is -1.45. The first kappa shape index (κ1) is 9.56. The van der Waals surface area contributed by atoms with Gasteiger partial charge in [0.25, 0.3) is 0 Å². The van der Waals surface area contributed by atoms with E-state index in [1.165, 1.54) is 0 Å². The van der Waals surface area contributed by atoms with Crippen LogP contribution < -0.4 is 0 Å². The zero-order valence-electron chi connectivity index (χ0n) is 5.47. The van der Waals surface area contributed by atoms with E-state index in [0.717, 1.165) is 0 Å². The van der Waals surface area contributed by atoms with Gasteiger partial charge in [0.05, 0.1) is 0 Å². The van der Waals surface area contributed by atoms with Crippen LogP contribution in [0.5, 0.6) is 0 Å². The average molecular weight is 170 g/mol. The number of azide groups is 2. The minimum Gasteiger partial charge on any atom is -0.410 e. The minimum atomic E-state index is -0.724. The zero-order chi connectivity index (χ0) is 9.40. The fourth-order valence-electron chi connectivity index (χ4n) is 0.304. The molecule has 0 rings (SSSR count). The number of nitrogens with zero attached hydrogens (tertiary/aromatic N) is 8. The standard InChI is InChI=1S/C2H2N8O2/c3-9-5-1(7-11)2(8-12)6-10-4/h11-12H/b7-1-,8-2-. The van der Waals surface area contributed by atoms with Crippen molar-refractivity contribution in [2.75, 3.05) is 0 Å². The fraction of sp³-hybridized carbons (Fsp3) is 0. The Labute approximate surface area is 64.7 Å². The van der Waals surface area contributed by atoms with E-state index in [4.69, 9.17) is 21.5 Å². The summed E-state index contributed by atoms with van der Waals surface area (Å²) in [6, 6.07) is 0. The predicted octanol–water partition coefficient (Wildman–Crippen LogP) is 1.18. The topological polar surface area (TPSA) is 163 Å². The molecule has 0 saturated heterocycles. The SMILES string of the molecule is [N-]=[N+]=NC(=N\O)/C(N=[N+]=[N-])=N/O. The molecule has 0 aliphatic heterocycles. The van der Waals surface area contributed by atoms with Gasteiger partial charge in [0.1, 0.15) is 0 Å². The van der Waals surface area contributed by atoms with Gasteiger partial charge in [0.15, 0.2) is 11.7 Å². The van der Waals surface area contributed by atoms with E-state index < -0.39 is 11.7 Å². The first-order chi connectivity index (χ1) is 5.79. The molecule has 0 unspecified atom stereocenters. The van der Waals surface area contributed by atoms with Crippen molar-refractivity contribution in [2.45, 2.75) is 0 Å². The van der Waals surface area contributed by atoms with Gasteiger partial charge in [-0.05, 0) is 21.3 Å². The summed E-state index contributed by atoms with van der Waals surface area (Å²) in [4.78, 5) is 4.43. The third-order valence-corrected chi connectivity index (χ3v) is 0.668. The van der Waals surface area contributed by atoms with E-state index >= 15 is 0 Å². The van der Waals surface area contributed by atoms with Crippen molar-refractivity contribution in [2.24, 2.45) is 20.5 Å². The van der Waals surface area contributed by atoms with Crippen LogP contribution in [0.3, 0.4) is 0 Å². The summed E-state index contributed by atoms with van der Waals surface area (Å²) in [6.07, 6.45) is 0. The van der Waals surface area contributed by atoms with Crippen LogP contribution in [0.1, 0.15) is 0 Å². The summed E-state index contributed by atoms with van der Waals surface area (Å²) in [6.45, 7) is 0. The molecule has 62 valence electrons. The smallest absolute Gasteiger partial charge is 0.197 e. The Kier molecular flexibility index (Phi) is 4.26. The van der Waals surface area contributed by atoms with E-state index in [9.17, 15) is 0 Å². The molecule has 0 heterocycles. The summed E-state index contributed by atoms with van der Waals surface area (Å²) in [5, 5.41) is 26.6. The number of oxime groups is 2. The highest BCUT2D eigenvalue weighted by Crippen LogP contribution is 1.89. The minimum absolute atomic E-state index is 0.724. The average Bonchev–Trinajstić information content (AvgIpc) is 2.11. The molecule has 10 nitrogen and oxygen atoms in total. The second kappa shape index (κ2) is 5.35. The Balaban J connectivity index is 4.96. The fourth-order valence-corrected chi connectivity index (χ4v) is 0.304. The molecule has 0 bridgehead atoms. The lowest BCUT2D eigenvalue weighted by atomic mass is 10.6. The highest BCUT2D eigenvalue weighted by Gasteiger charge is 2.05. The highest BCUT2D eigenvalue weighted by atomic mass is 16.4. The quantitative estimate of drug-likeness (QED) is 0.106. The molecular formula is C2H2N8O2. The van der Waals surface area contributed by atoms with Crippen LogP contribution >= 0.6 is 0 Å². The predicted molar refractivity (Wildman–Crippen MR) is 36.7 cm³/mol. The van der Waals surface area contributed by atoms with Crippen molar-refractivity contribution >= 4 is 11.7 Å². The van der Waals surface area contributed by atoms with Crippen LogP contribution in [0.2, 0.25) is 0 Å². The summed E-state index contributed by atoms with van der Waals surface area (Å²) in [7, 11) is 0. The van der Waals surface area contributed by atoms with E-state index in [-0.39, 0.29) is 0 Å². The van der Waals surface area contributed by atoms with Crippen molar-refractivity contribution < 1.29 is 10.4 Å². The summed E-state index contributed by atoms with van der Waals surface area (Å²) >= 11 is 0. The van der Waals surface area contributed by atoms with Gasteiger partial charge >= 0.3 is 0 Å². The maximum absolute atomic E-state index is 8.13. The number of rotatable bonds is 0. The zero-order valence-corrected chi connectivity index (χ0v) is 5.47. The lowest BCUT2D eigenvalue weighted by molar-refractivity contribution is 0.313. The van der Waals surface area contributed by atoms with E-state index in [1.807, 2.05) is 0 Å². The first-order valence-corrected chi connectivity index (χ1v) is 2.34. The summed E-state index contributed by atoms with van der Waals surface area (Å²) < 4.78 is 0. The van der Waals surface area contributed by atoms with Gasteiger partial charge in [0, 0.05) is 9.82 Å². The molecule has 0 aromatic heterocycles. The second-order valence-electron chi connectivity index (χ2n) is 1.23. The Morgan fingerprint density at radius 1 is 0.917 bits per heavy atom. The molecule has 0 amide bonds. The van der Waals surface area contributed by atoms with Crippen LogP contribution in [-0.4, -0.2) is 22.1 Å². The van der Waals surface area contributed by atoms with Gasteiger partial charge in [-0.3, -0.25) is 0 Å². The van der Waals surface area contributed by atoms with Gasteiger partial charge in [-0.25, -0.2) is 0 Å². The largest absolute Gasteiger partial charge is 0.410 e. The van der Waals surface area contributed by atoms with Gasteiger partial charge in [-0.15, -0.1) is 0 Å². The Hall–Kier alpha value is -2.44. The molecule has 0 spiro atoms. The molecule has 12 heavy (non-hydrogen) atoms. The monoisotopic (exact) mass is 170 g/mol. The van der Waals surface area contributed by atoms with Crippen LogP contribution in [0.4, 0.5) is 0 Å². The second-order valence-corrected chi connectivity index (χ2v) is 1.23. The van der Waals surface area contributed by atoms with Crippen LogP contribution in [0.25, 0.3) is 20.9 Å². The molecule has 0 aromatic rings. The first-order valence-electron chi connectivity index (χ1n) is 2.34. The molecule has 0 atom stereocenters. The highest BCUT2D eigenvalue weighted by molar-refractivity contribution is 6.40. The van der Waals surface area contributed by atoms with Crippen LogP contribution in [-0.2, 0) is 0 Å². The molecule has 2 N–H and O–H groups in total. The molecule has 0 aliphatic carbocycles. The van der Waals surface area contributed by atoms with Crippen LogP contribution in [0, 0.1) is 0 Å². The molecule has 10 heteroatoms. The molecule has 0 aliphatic rings. The molecule has 0 aromatic carbocycles. The van der Waals surface area contributed by atoms with Crippen molar-refractivity contribution in [3.8, 4) is 0 Å². The Morgan fingerprint density at radius 3 is 1.42 bits per heavy atom. The maximum atomic E-state index is 8.13. The van der Waals surface area contributed by atoms with Crippen LogP contribution in [0.15, 0.2) is 20.5 Å². The van der Waals surface area contributed by atoms with Gasteiger partial charge < -0.3 is 10.4 Å². The Morgan fingerprint density at radius 2 is 1.25 bits per heavy atom. The lowest BCUT2D eigenvalue weighted by Gasteiger charge is -1.89. The normalized spacial score (nSPS) is 11.3. The third-order valence-electron chi connectivity index (χ3n) is 0.668. The number of amidine groups is 2.